The lowest BCUT2D eigenvalue weighted by Crippen LogP contribution is -2.39. The first-order valence-corrected chi connectivity index (χ1v) is 9.52. The Labute approximate surface area is 162 Å². The Morgan fingerprint density at radius 3 is 2.46 bits per heavy atom. The van der Waals surface area contributed by atoms with Crippen LogP contribution in [0.15, 0.2) is 29.6 Å². The van der Waals surface area contributed by atoms with Crippen molar-refractivity contribution in [3.63, 3.8) is 0 Å². The SMILES string of the molecule is Cc1csc(NC(=O)CN(CCCN(C)C)C(=O)c2ccc(Cl)cc2)n1. The molecule has 1 heterocycles. The topological polar surface area (TPSA) is 65.5 Å². The van der Waals surface area contributed by atoms with Crippen molar-refractivity contribution >= 4 is 39.9 Å². The fraction of sp³-hybridized carbons (Fsp3) is 0.389. The van der Waals surface area contributed by atoms with E-state index >= 15 is 0 Å². The molecule has 26 heavy (non-hydrogen) atoms. The first-order valence-electron chi connectivity index (χ1n) is 8.26. The molecule has 2 rings (SSSR count). The Morgan fingerprint density at radius 1 is 1.19 bits per heavy atom. The summed E-state index contributed by atoms with van der Waals surface area (Å²) in [4.78, 5) is 33.0. The van der Waals surface area contributed by atoms with Gasteiger partial charge in [0.2, 0.25) is 5.91 Å². The van der Waals surface area contributed by atoms with Crippen LogP contribution in [-0.4, -0.2) is 60.3 Å². The molecule has 8 heteroatoms. The average molecular weight is 395 g/mol. The number of hydrogen-bond donors (Lipinski definition) is 1. The monoisotopic (exact) mass is 394 g/mol. The number of aryl methyl sites for hydroxylation is 1. The van der Waals surface area contributed by atoms with Crippen LogP contribution < -0.4 is 5.32 Å². The van der Waals surface area contributed by atoms with Crippen LogP contribution in [0.3, 0.4) is 0 Å². The van der Waals surface area contributed by atoms with Gasteiger partial charge in [0.25, 0.3) is 5.91 Å². The molecule has 0 saturated heterocycles. The standard InChI is InChI=1S/C18H23ClN4O2S/c1-13-12-26-18(20-13)21-16(24)11-23(10-4-9-22(2)3)17(25)14-5-7-15(19)8-6-14/h5-8,12H,4,9-11H2,1-3H3,(H,20,21,24). The molecule has 1 N–H and O–H groups in total. The minimum atomic E-state index is -0.258. The van der Waals surface area contributed by atoms with Gasteiger partial charge in [-0.05, 0) is 58.3 Å². The van der Waals surface area contributed by atoms with Gasteiger partial charge in [-0.2, -0.15) is 0 Å². The van der Waals surface area contributed by atoms with Crippen molar-refractivity contribution in [2.75, 3.05) is 39.0 Å². The molecule has 0 atom stereocenters. The Morgan fingerprint density at radius 2 is 1.88 bits per heavy atom. The fourth-order valence-electron chi connectivity index (χ4n) is 2.35. The van der Waals surface area contributed by atoms with Crippen LogP contribution in [0.2, 0.25) is 5.02 Å². The molecule has 0 saturated carbocycles. The van der Waals surface area contributed by atoms with Gasteiger partial charge in [-0.3, -0.25) is 9.59 Å². The maximum absolute atomic E-state index is 12.8. The van der Waals surface area contributed by atoms with E-state index in [0.717, 1.165) is 18.7 Å². The molecule has 0 aliphatic rings. The number of nitrogens with one attached hydrogen (secondary N) is 1. The van der Waals surface area contributed by atoms with Crippen LogP contribution in [0.1, 0.15) is 22.5 Å². The van der Waals surface area contributed by atoms with Crippen LogP contribution in [-0.2, 0) is 4.79 Å². The fourth-order valence-corrected chi connectivity index (χ4v) is 3.18. The molecule has 2 amide bonds. The molecule has 0 aliphatic carbocycles. The van der Waals surface area contributed by atoms with E-state index in [1.807, 2.05) is 31.3 Å². The largest absolute Gasteiger partial charge is 0.329 e. The third kappa shape index (κ3) is 6.40. The maximum Gasteiger partial charge on any atom is 0.254 e. The molecule has 0 fully saturated rings. The second-order valence-corrected chi connectivity index (χ2v) is 7.53. The molecular weight excluding hydrogens is 372 g/mol. The van der Waals surface area contributed by atoms with E-state index in [1.54, 1.807) is 29.2 Å². The van der Waals surface area contributed by atoms with Gasteiger partial charge >= 0.3 is 0 Å². The highest BCUT2D eigenvalue weighted by atomic mass is 35.5. The van der Waals surface area contributed by atoms with Crippen LogP contribution >= 0.6 is 22.9 Å². The molecule has 2 aromatic rings. The van der Waals surface area contributed by atoms with Gasteiger partial charge in [0.05, 0.1) is 5.69 Å². The number of carbonyl (C=O) groups excluding carboxylic acids is 2. The summed E-state index contributed by atoms with van der Waals surface area (Å²) in [5.74, 6) is -0.447. The molecule has 6 nitrogen and oxygen atoms in total. The van der Waals surface area contributed by atoms with Gasteiger partial charge in [-0.25, -0.2) is 4.98 Å². The van der Waals surface area contributed by atoms with E-state index in [4.69, 9.17) is 11.6 Å². The number of nitrogens with zero attached hydrogens (tertiary/aromatic N) is 3. The zero-order valence-electron chi connectivity index (χ0n) is 15.2. The van der Waals surface area contributed by atoms with Crippen molar-refractivity contribution in [2.45, 2.75) is 13.3 Å². The zero-order chi connectivity index (χ0) is 19.1. The predicted molar refractivity (Wildman–Crippen MR) is 106 cm³/mol. The number of anilines is 1. The number of halogens is 1. The Bertz CT molecular complexity index is 746. The molecule has 0 spiro atoms. The first-order chi connectivity index (χ1) is 12.3. The van der Waals surface area contributed by atoms with Gasteiger partial charge in [-0.1, -0.05) is 11.6 Å². The number of benzene rings is 1. The van der Waals surface area contributed by atoms with E-state index in [9.17, 15) is 9.59 Å². The van der Waals surface area contributed by atoms with E-state index in [0.29, 0.717) is 22.3 Å². The highest BCUT2D eigenvalue weighted by Crippen LogP contribution is 2.15. The van der Waals surface area contributed by atoms with Crippen LogP contribution in [0.5, 0.6) is 0 Å². The molecular formula is C18H23ClN4O2S. The molecule has 0 bridgehead atoms. The molecule has 0 radical (unpaired) electrons. The van der Waals surface area contributed by atoms with Crippen LogP contribution in [0.4, 0.5) is 5.13 Å². The van der Waals surface area contributed by atoms with Gasteiger partial charge < -0.3 is 15.1 Å². The third-order valence-corrected chi connectivity index (χ3v) is 4.74. The lowest BCUT2D eigenvalue weighted by molar-refractivity contribution is -0.116. The second-order valence-electron chi connectivity index (χ2n) is 6.23. The molecule has 1 aromatic carbocycles. The third-order valence-electron chi connectivity index (χ3n) is 3.61. The maximum atomic E-state index is 12.8. The van der Waals surface area contributed by atoms with Crippen molar-refractivity contribution in [1.29, 1.82) is 0 Å². The minimum absolute atomic E-state index is 0.0203. The quantitative estimate of drug-likeness (QED) is 0.747. The van der Waals surface area contributed by atoms with Gasteiger partial charge in [-0.15, -0.1) is 11.3 Å². The summed E-state index contributed by atoms with van der Waals surface area (Å²) < 4.78 is 0. The number of rotatable bonds is 8. The predicted octanol–water partition coefficient (Wildman–Crippen LogP) is 3.14. The Hall–Kier alpha value is -1.96. The number of thiazole rings is 1. The summed E-state index contributed by atoms with van der Waals surface area (Å²) in [7, 11) is 3.95. The highest BCUT2D eigenvalue weighted by molar-refractivity contribution is 7.13. The van der Waals surface area contributed by atoms with E-state index in [1.165, 1.54) is 11.3 Å². The van der Waals surface area contributed by atoms with Crippen LogP contribution in [0, 0.1) is 6.92 Å². The van der Waals surface area contributed by atoms with Crippen molar-refractivity contribution in [2.24, 2.45) is 0 Å². The van der Waals surface area contributed by atoms with Crippen molar-refractivity contribution in [3.8, 4) is 0 Å². The molecule has 0 unspecified atom stereocenters. The summed E-state index contributed by atoms with van der Waals surface area (Å²) in [5, 5.41) is 5.72. The summed E-state index contributed by atoms with van der Waals surface area (Å²) in [5.41, 5.74) is 1.36. The summed E-state index contributed by atoms with van der Waals surface area (Å²) >= 11 is 7.26. The molecule has 1 aromatic heterocycles. The summed E-state index contributed by atoms with van der Waals surface area (Å²) in [6.45, 7) is 3.17. The highest BCUT2D eigenvalue weighted by Gasteiger charge is 2.19. The zero-order valence-corrected chi connectivity index (χ0v) is 16.7. The summed E-state index contributed by atoms with van der Waals surface area (Å²) in [6.07, 6.45) is 0.774. The summed E-state index contributed by atoms with van der Waals surface area (Å²) in [6, 6.07) is 6.69. The average Bonchev–Trinajstić information content (AvgIpc) is 2.98. The van der Waals surface area contributed by atoms with E-state index in [2.05, 4.69) is 10.3 Å². The second kappa shape index (κ2) is 9.66. The minimum Gasteiger partial charge on any atom is -0.329 e. The smallest absolute Gasteiger partial charge is 0.254 e. The van der Waals surface area contributed by atoms with Crippen LogP contribution in [0.25, 0.3) is 0 Å². The van der Waals surface area contributed by atoms with E-state index in [-0.39, 0.29) is 18.4 Å². The lowest BCUT2D eigenvalue weighted by Gasteiger charge is -2.23. The lowest BCUT2D eigenvalue weighted by atomic mass is 10.2. The Balaban J connectivity index is 2.05. The van der Waals surface area contributed by atoms with Gasteiger partial charge in [0.15, 0.2) is 5.13 Å². The van der Waals surface area contributed by atoms with Gasteiger partial charge in [0, 0.05) is 22.5 Å². The molecule has 140 valence electrons. The van der Waals surface area contributed by atoms with Gasteiger partial charge in [0.1, 0.15) is 6.54 Å². The first kappa shape index (κ1) is 20.4. The Kier molecular flexibility index (Phi) is 7.56. The van der Waals surface area contributed by atoms with Crippen molar-refractivity contribution in [3.05, 3.63) is 45.9 Å². The number of amides is 2. The van der Waals surface area contributed by atoms with Crippen molar-refractivity contribution in [1.82, 2.24) is 14.8 Å². The number of carbonyl (C=O) groups is 2. The number of aromatic nitrogens is 1. The van der Waals surface area contributed by atoms with E-state index < -0.39 is 0 Å². The normalized spacial score (nSPS) is 10.8. The number of hydrogen-bond acceptors (Lipinski definition) is 5. The van der Waals surface area contributed by atoms with Crippen molar-refractivity contribution < 1.29 is 9.59 Å². The molecule has 0 aliphatic heterocycles.